The summed E-state index contributed by atoms with van der Waals surface area (Å²) in [5, 5.41) is 5.16. The van der Waals surface area contributed by atoms with Crippen molar-refractivity contribution in [2.24, 2.45) is 0 Å². The Morgan fingerprint density at radius 2 is 1.93 bits per heavy atom. The van der Waals surface area contributed by atoms with Crippen molar-refractivity contribution in [1.29, 1.82) is 0 Å². The Kier molecular flexibility index (Phi) is 5.48. The monoisotopic (exact) mass is 390 g/mol. The van der Waals surface area contributed by atoms with Crippen molar-refractivity contribution in [3.63, 3.8) is 0 Å². The van der Waals surface area contributed by atoms with E-state index in [1.54, 1.807) is 5.51 Å². The second-order valence-electron chi connectivity index (χ2n) is 6.70. The Balaban J connectivity index is 1.62. The van der Waals surface area contributed by atoms with Gasteiger partial charge in [-0.25, -0.2) is 9.97 Å². The molecule has 2 aromatic carbocycles. The van der Waals surface area contributed by atoms with E-state index in [1.165, 1.54) is 11.3 Å². The van der Waals surface area contributed by atoms with E-state index < -0.39 is 0 Å². The minimum absolute atomic E-state index is 0.0104. The number of nitrogens with one attached hydrogen (secondary N) is 1. The van der Waals surface area contributed by atoms with E-state index in [1.807, 2.05) is 52.4 Å². The fraction of sp³-hybridized carbons (Fsp3) is 0.227. The van der Waals surface area contributed by atoms with Gasteiger partial charge in [-0.1, -0.05) is 55.8 Å². The third-order valence-corrected chi connectivity index (χ3v) is 5.32. The summed E-state index contributed by atoms with van der Waals surface area (Å²) < 4.78 is 1.95. The molecule has 0 spiro atoms. The van der Waals surface area contributed by atoms with E-state index in [-0.39, 0.29) is 18.5 Å². The third-order valence-electron chi connectivity index (χ3n) is 4.73. The third kappa shape index (κ3) is 3.82. The summed E-state index contributed by atoms with van der Waals surface area (Å²) in [4.78, 5) is 22.1. The second kappa shape index (κ2) is 8.35. The lowest BCUT2D eigenvalue weighted by Gasteiger charge is -2.19. The normalized spacial score (nSPS) is 12.2. The molecule has 0 aliphatic carbocycles. The van der Waals surface area contributed by atoms with Gasteiger partial charge in [0.1, 0.15) is 12.2 Å². The number of fused-ring (bicyclic) bond motifs is 1. The zero-order chi connectivity index (χ0) is 19.3. The lowest BCUT2D eigenvalue weighted by atomic mass is 10.0. The highest BCUT2D eigenvalue weighted by Crippen LogP contribution is 2.25. The average Bonchev–Trinajstić information content (AvgIpc) is 3.37. The van der Waals surface area contributed by atoms with E-state index >= 15 is 0 Å². The van der Waals surface area contributed by atoms with Gasteiger partial charge in [-0.2, -0.15) is 0 Å². The molecule has 0 unspecified atom stereocenters. The van der Waals surface area contributed by atoms with Crippen molar-refractivity contribution in [3.05, 3.63) is 71.1 Å². The maximum absolute atomic E-state index is 13.0. The highest BCUT2D eigenvalue weighted by atomic mass is 32.1. The topological polar surface area (TPSA) is 59.8 Å². The van der Waals surface area contributed by atoms with Gasteiger partial charge >= 0.3 is 0 Å². The average molecular weight is 391 g/mol. The number of rotatable bonds is 7. The van der Waals surface area contributed by atoms with Crippen LogP contribution < -0.4 is 5.32 Å². The van der Waals surface area contributed by atoms with Crippen LogP contribution in [0.4, 0.5) is 0 Å². The molecule has 0 aliphatic heterocycles. The van der Waals surface area contributed by atoms with E-state index in [0.29, 0.717) is 0 Å². The van der Waals surface area contributed by atoms with Crippen LogP contribution in [0.3, 0.4) is 0 Å². The van der Waals surface area contributed by atoms with Crippen LogP contribution in [0.1, 0.15) is 31.4 Å². The minimum atomic E-state index is -0.0260. The summed E-state index contributed by atoms with van der Waals surface area (Å²) in [6.45, 7) is 2.34. The quantitative estimate of drug-likeness (QED) is 0.492. The molecule has 0 saturated heterocycles. The molecule has 6 heteroatoms. The number of benzene rings is 2. The van der Waals surface area contributed by atoms with Crippen molar-refractivity contribution in [3.8, 4) is 11.5 Å². The molecule has 1 N–H and O–H groups in total. The van der Waals surface area contributed by atoms with Gasteiger partial charge in [-0.3, -0.25) is 4.79 Å². The Bertz CT molecular complexity index is 1060. The van der Waals surface area contributed by atoms with Crippen LogP contribution in [0.2, 0.25) is 0 Å². The standard InChI is InChI=1S/C22H22N4OS/c1-2-8-17(16-9-4-3-5-10-16)24-21(27)13-26-20-12-7-6-11-18(20)25-22(26)19-14-28-15-23-19/h3-7,9-12,14-15,17H,2,8,13H2,1H3,(H,24,27)/t17-/m0/s1. The van der Waals surface area contributed by atoms with Crippen molar-refractivity contribution in [1.82, 2.24) is 19.9 Å². The molecule has 2 aromatic heterocycles. The van der Waals surface area contributed by atoms with Crippen LogP contribution in [0.25, 0.3) is 22.6 Å². The number of imidazole rings is 1. The van der Waals surface area contributed by atoms with Gasteiger partial charge in [-0.15, -0.1) is 11.3 Å². The highest BCUT2D eigenvalue weighted by Gasteiger charge is 2.19. The van der Waals surface area contributed by atoms with E-state index in [2.05, 4.69) is 29.4 Å². The largest absolute Gasteiger partial charge is 0.348 e. The molecule has 0 fully saturated rings. The zero-order valence-electron chi connectivity index (χ0n) is 15.7. The van der Waals surface area contributed by atoms with Gasteiger partial charge in [0.2, 0.25) is 5.91 Å². The van der Waals surface area contributed by atoms with Crippen LogP contribution in [-0.2, 0) is 11.3 Å². The molecule has 0 radical (unpaired) electrons. The fourth-order valence-corrected chi connectivity index (χ4v) is 3.96. The molecule has 0 saturated carbocycles. The SMILES string of the molecule is CCC[C@H](NC(=O)Cn1c(-c2cscn2)nc2ccccc21)c1ccccc1. The lowest BCUT2D eigenvalue weighted by molar-refractivity contribution is -0.122. The van der Waals surface area contributed by atoms with Crippen LogP contribution in [0.5, 0.6) is 0 Å². The zero-order valence-corrected chi connectivity index (χ0v) is 16.5. The number of thiazole rings is 1. The molecule has 5 nitrogen and oxygen atoms in total. The van der Waals surface area contributed by atoms with Crippen LogP contribution in [0.15, 0.2) is 65.5 Å². The minimum Gasteiger partial charge on any atom is -0.348 e. The number of amides is 1. The first-order valence-corrected chi connectivity index (χ1v) is 10.4. The fourth-order valence-electron chi connectivity index (χ4n) is 3.43. The number of nitrogens with zero attached hydrogens (tertiary/aromatic N) is 3. The molecule has 1 amide bonds. The lowest BCUT2D eigenvalue weighted by Crippen LogP contribution is -2.31. The van der Waals surface area contributed by atoms with Gasteiger partial charge in [0, 0.05) is 5.38 Å². The van der Waals surface area contributed by atoms with Crippen molar-refractivity contribution >= 4 is 28.3 Å². The Morgan fingerprint density at radius 3 is 2.68 bits per heavy atom. The molecule has 4 rings (SSSR count). The number of carbonyl (C=O) groups is 1. The van der Waals surface area contributed by atoms with Crippen molar-refractivity contribution in [2.75, 3.05) is 0 Å². The molecule has 4 aromatic rings. The first kappa shape index (κ1) is 18.4. The van der Waals surface area contributed by atoms with E-state index in [4.69, 9.17) is 4.98 Å². The van der Waals surface area contributed by atoms with Crippen LogP contribution in [-0.4, -0.2) is 20.4 Å². The predicted octanol–water partition coefficient (Wildman–Crippen LogP) is 4.82. The summed E-state index contributed by atoms with van der Waals surface area (Å²) in [5.41, 5.74) is 5.51. The van der Waals surface area contributed by atoms with E-state index in [0.717, 1.165) is 41.0 Å². The van der Waals surface area contributed by atoms with Crippen molar-refractivity contribution in [2.45, 2.75) is 32.4 Å². The molecular weight excluding hydrogens is 368 g/mol. The first-order valence-electron chi connectivity index (χ1n) is 9.44. The van der Waals surface area contributed by atoms with Gasteiger partial charge in [0.25, 0.3) is 0 Å². The number of hydrogen-bond donors (Lipinski definition) is 1. The summed E-state index contributed by atoms with van der Waals surface area (Å²) in [6, 6.07) is 18.0. The predicted molar refractivity (Wildman–Crippen MR) is 113 cm³/mol. The maximum atomic E-state index is 13.0. The molecular formula is C22H22N4OS. The summed E-state index contributed by atoms with van der Waals surface area (Å²) in [7, 11) is 0. The smallest absolute Gasteiger partial charge is 0.240 e. The summed E-state index contributed by atoms with van der Waals surface area (Å²) in [5.74, 6) is 0.700. The molecule has 0 bridgehead atoms. The molecule has 2 heterocycles. The second-order valence-corrected chi connectivity index (χ2v) is 7.42. The Hall–Kier alpha value is -2.99. The van der Waals surface area contributed by atoms with Crippen LogP contribution in [0, 0.1) is 0 Å². The van der Waals surface area contributed by atoms with Crippen LogP contribution >= 0.6 is 11.3 Å². The molecule has 28 heavy (non-hydrogen) atoms. The number of para-hydroxylation sites is 2. The van der Waals surface area contributed by atoms with Gasteiger partial charge < -0.3 is 9.88 Å². The van der Waals surface area contributed by atoms with E-state index in [9.17, 15) is 4.79 Å². The highest BCUT2D eigenvalue weighted by molar-refractivity contribution is 7.07. The number of aromatic nitrogens is 3. The number of carbonyl (C=O) groups excluding carboxylic acids is 1. The van der Waals surface area contributed by atoms with Gasteiger partial charge in [0.15, 0.2) is 5.82 Å². The maximum Gasteiger partial charge on any atom is 0.240 e. The van der Waals surface area contributed by atoms with Gasteiger partial charge in [-0.05, 0) is 24.1 Å². The summed E-state index contributed by atoms with van der Waals surface area (Å²) in [6.07, 6.45) is 1.90. The molecule has 0 aliphatic rings. The summed E-state index contributed by atoms with van der Waals surface area (Å²) >= 11 is 1.52. The Morgan fingerprint density at radius 1 is 1.14 bits per heavy atom. The van der Waals surface area contributed by atoms with Gasteiger partial charge in [0.05, 0.1) is 22.6 Å². The first-order chi connectivity index (χ1) is 13.8. The Labute approximate surface area is 168 Å². The number of hydrogen-bond acceptors (Lipinski definition) is 4. The molecule has 142 valence electrons. The molecule has 1 atom stereocenters. The van der Waals surface area contributed by atoms with Crippen molar-refractivity contribution < 1.29 is 4.79 Å².